The van der Waals surface area contributed by atoms with Crippen LogP contribution in [0.3, 0.4) is 0 Å². The van der Waals surface area contributed by atoms with E-state index in [1.54, 1.807) is 21.3 Å². The van der Waals surface area contributed by atoms with Gasteiger partial charge >= 0.3 is 5.97 Å². The maximum Gasteiger partial charge on any atom is 0.310 e. The van der Waals surface area contributed by atoms with Gasteiger partial charge in [-0.15, -0.1) is 0 Å². The summed E-state index contributed by atoms with van der Waals surface area (Å²) in [6, 6.07) is 7.79. The summed E-state index contributed by atoms with van der Waals surface area (Å²) in [6.45, 7) is 0.614. The number of carbonyl (C=O) groups excluding carboxylic acids is 1. The Kier molecular flexibility index (Phi) is 4.19. The second kappa shape index (κ2) is 6.76. The summed E-state index contributed by atoms with van der Waals surface area (Å²) in [5, 5.41) is 0. The number of cyclic esters (lactones) is 1. The van der Waals surface area contributed by atoms with Crippen molar-refractivity contribution in [1.29, 1.82) is 0 Å². The molecule has 0 amide bonds. The van der Waals surface area contributed by atoms with Crippen LogP contribution in [0.4, 0.5) is 0 Å². The van der Waals surface area contributed by atoms with Crippen molar-refractivity contribution < 1.29 is 33.2 Å². The van der Waals surface area contributed by atoms with Crippen LogP contribution in [0, 0.1) is 11.8 Å². The van der Waals surface area contributed by atoms with E-state index in [2.05, 4.69) is 0 Å². The minimum atomic E-state index is -0.296. The maximum absolute atomic E-state index is 12.7. The van der Waals surface area contributed by atoms with Crippen LogP contribution in [0.2, 0.25) is 0 Å². The average Bonchev–Trinajstić information content (AvgIpc) is 3.36. The van der Waals surface area contributed by atoms with Crippen molar-refractivity contribution in [3.8, 4) is 28.7 Å². The summed E-state index contributed by atoms with van der Waals surface area (Å²) in [7, 11) is 4.79. The normalized spacial score (nSPS) is 23.8. The summed E-state index contributed by atoms with van der Waals surface area (Å²) >= 11 is 0. The number of rotatable bonds is 4. The number of fused-ring (bicyclic) bond motifs is 3. The first-order chi connectivity index (χ1) is 14.2. The maximum atomic E-state index is 12.7. The molecular weight excluding hydrogens is 376 g/mol. The molecule has 2 aromatic carbocycles. The predicted octanol–water partition coefficient (Wildman–Crippen LogP) is 2.92. The van der Waals surface area contributed by atoms with Crippen LogP contribution in [0.1, 0.15) is 22.6 Å². The zero-order valence-corrected chi connectivity index (χ0v) is 16.5. The van der Waals surface area contributed by atoms with Crippen LogP contribution in [0.15, 0.2) is 24.3 Å². The van der Waals surface area contributed by atoms with Gasteiger partial charge < -0.3 is 28.4 Å². The van der Waals surface area contributed by atoms with Crippen LogP contribution < -0.4 is 23.7 Å². The summed E-state index contributed by atoms with van der Waals surface area (Å²) in [5.74, 6) is 2.46. The molecule has 0 spiro atoms. The monoisotopic (exact) mass is 398 g/mol. The highest BCUT2D eigenvalue weighted by atomic mass is 16.7. The molecule has 7 nitrogen and oxygen atoms in total. The Morgan fingerprint density at radius 2 is 1.72 bits per heavy atom. The fourth-order valence-corrected chi connectivity index (χ4v) is 4.86. The fourth-order valence-electron chi connectivity index (χ4n) is 4.86. The minimum Gasteiger partial charge on any atom is -0.493 e. The molecule has 152 valence electrons. The van der Waals surface area contributed by atoms with E-state index in [9.17, 15) is 4.79 Å². The largest absolute Gasteiger partial charge is 0.493 e. The van der Waals surface area contributed by atoms with Gasteiger partial charge in [-0.3, -0.25) is 4.79 Å². The van der Waals surface area contributed by atoms with Gasteiger partial charge in [-0.05, 0) is 35.7 Å². The molecule has 2 heterocycles. The second-order valence-corrected chi connectivity index (χ2v) is 7.43. The number of esters is 1. The summed E-state index contributed by atoms with van der Waals surface area (Å²) < 4.78 is 33.4. The third kappa shape index (κ3) is 2.60. The molecular formula is C22H22O7. The van der Waals surface area contributed by atoms with Crippen molar-refractivity contribution in [2.24, 2.45) is 11.8 Å². The molecule has 1 aliphatic carbocycles. The number of carbonyl (C=O) groups is 1. The molecule has 3 atom stereocenters. The predicted molar refractivity (Wildman–Crippen MR) is 102 cm³/mol. The molecule has 0 aromatic heterocycles. The topological polar surface area (TPSA) is 72.5 Å². The van der Waals surface area contributed by atoms with Crippen molar-refractivity contribution in [3.63, 3.8) is 0 Å². The van der Waals surface area contributed by atoms with Crippen LogP contribution in [0.25, 0.3) is 0 Å². The van der Waals surface area contributed by atoms with E-state index in [4.69, 9.17) is 28.4 Å². The Hall–Kier alpha value is -3.09. The Bertz CT molecular complexity index is 984. The number of methoxy groups -OCH3 is 3. The first-order valence-corrected chi connectivity index (χ1v) is 9.54. The zero-order chi connectivity index (χ0) is 20.1. The lowest BCUT2D eigenvalue weighted by Crippen LogP contribution is -2.32. The molecule has 3 unspecified atom stereocenters. The molecule has 5 rings (SSSR count). The quantitative estimate of drug-likeness (QED) is 0.733. The van der Waals surface area contributed by atoms with Crippen molar-refractivity contribution >= 4 is 5.97 Å². The van der Waals surface area contributed by atoms with Crippen LogP contribution >= 0.6 is 0 Å². The molecule has 1 saturated heterocycles. The summed E-state index contributed by atoms with van der Waals surface area (Å²) in [5.41, 5.74) is 2.96. The Balaban J connectivity index is 1.75. The molecule has 0 N–H and O–H groups in total. The van der Waals surface area contributed by atoms with E-state index >= 15 is 0 Å². The lowest BCUT2D eigenvalue weighted by atomic mass is 9.67. The lowest BCUT2D eigenvalue weighted by Gasteiger charge is -2.35. The summed E-state index contributed by atoms with van der Waals surface area (Å²) in [6.07, 6.45) is 0.712. The number of benzene rings is 2. The highest BCUT2D eigenvalue weighted by molar-refractivity contribution is 5.79. The van der Waals surface area contributed by atoms with E-state index < -0.39 is 0 Å². The van der Waals surface area contributed by atoms with Gasteiger partial charge in [0.15, 0.2) is 23.0 Å². The number of ether oxygens (including phenoxy) is 6. The van der Waals surface area contributed by atoms with Gasteiger partial charge in [0.05, 0.1) is 33.9 Å². The van der Waals surface area contributed by atoms with Crippen LogP contribution in [-0.4, -0.2) is 40.7 Å². The van der Waals surface area contributed by atoms with Gasteiger partial charge in [0.25, 0.3) is 0 Å². The highest BCUT2D eigenvalue weighted by Gasteiger charge is 2.49. The SMILES string of the molecule is COc1cc2c(c(OC)c1OC)C(c1ccc3c(c1)OCO3)C1C(=O)OCC1C2. The van der Waals surface area contributed by atoms with E-state index in [0.717, 1.165) is 16.7 Å². The van der Waals surface area contributed by atoms with Gasteiger partial charge in [-0.2, -0.15) is 0 Å². The van der Waals surface area contributed by atoms with Gasteiger partial charge in [-0.25, -0.2) is 0 Å². The third-order valence-corrected chi connectivity index (χ3v) is 6.08. The lowest BCUT2D eigenvalue weighted by molar-refractivity contribution is -0.141. The fraction of sp³-hybridized carbons (Fsp3) is 0.409. The number of hydrogen-bond donors (Lipinski definition) is 0. The minimum absolute atomic E-state index is 0.0910. The van der Waals surface area contributed by atoms with Crippen molar-refractivity contribution in [2.45, 2.75) is 12.3 Å². The zero-order valence-electron chi connectivity index (χ0n) is 16.5. The highest BCUT2D eigenvalue weighted by Crippen LogP contribution is 2.55. The Morgan fingerprint density at radius 3 is 2.48 bits per heavy atom. The van der Waals surface area contributed by atoms with Gasteiger partial charge in [-0.1, -0.05) is 6.07 Å². The Labute approximate surface area is 168 Å². The number of hydrogen-bond acceptors (Lipinski definition) is 7. The smallest absolute Gasteiger partial charge is 0.310 e. The second-order valence-electron chi connectivity index (χ2n) is 7.43. The first-order valence-electron chi connectivity index (χ1n) is 9.54. The standard InChI is InChI=1S/C22H22O7/c1-24-16-8-12-6-13-9-27-22(23)19(13)17(18(12)21(26-3)20(16)25-2)11-4-5-14-15(7-11)29-10-28-14/h4-5,7-8,13,17,19H,6,9-10H2,1-3H3. The average molecular weight is 398 g/mol. The van der Waals surface area contributed by atoms with Gasteiger partial charge in [0.1, 0.15) is 0 Å². The molecule has 2 aliphatic heterocycles. The molecule has 7 heteroatoms. The van der Waals surface area contributed by atoms with E-state index in [1.165, 1.54) is 0 Å². The van der Waals surface area contributed by atoms with Crippen molar-refractivity contribution in [1.82, 2.24) is 0 Å². The first kappa shape index (κ1) is 18.0. The summed E-state index contributed by atoms with van der Waals surface area (Å²) in [4.78, 5) is 12.7. The molecule has 0 saturated carbocycles. The molecule has 3 aliphatic rings. The molecule has 29 heavy (non-hydrogen) atoms. The third-order valence-electron chi connectivity index (χ3n) is 6.08. The molecule has 1 fully saturated rings. The Morgan fingerprint density at radius 1 is 0.931 bits per heavy atom. The van der Waals surface area contributed by atoms with Crippen LogP contribution in [0.5, 0.6) is 28.7 Å². The van der Waals surface area contributed by atoms with E-state index in [0.29, 0.717) is 41.8 Å². The van der Waals surface area contributed by atoms with Crippen LogP contribution in [-0.2, 0) is 16.0 Å². The van der Waals surface area contributed by atoms with Crippen molar-refractivity contribution in [2.75, 3.05) is 34.7 Å². The van der Waals surface area contributed by atoms with Gasteiger partial charge in [0, 0.05) is 17.4 Å². The molecule has 0 radical (unpaired) electrons. The van der Waals surface area contributed by atoms with Gasteiger partial charge in [0.2, 0.25) is 12.5 Å². The van der Waals surface area contributed by atoms with E-state index in [1.807, 2.05) is 24.3 Å². The molecule has 2 aromatic rings. The van der Waals surface area contributed by atoms with E-state index in [-0.39, 0.29) is 30.5 Å². The van der Waals surface area contributed by atoms with Crippen molar-refractivity contribution in [3.05, 3.63) is 41.0 Å². The molecule has 0 bridgehead atoms.